The Bertz CT molecular complexity index is 948. The molecule has 1 unspecified atom stereocenters. The molecule has 0 aromatic rings. The van der Waals surface area contributed by atoms with Crippen LogP contribution in [0.1, 0.15) is 232 Å². The Labute approximate surface area is 349 Å². The summed E-state index contributed by atoms with van der Waals surface area (Å²) in [5.41, 5.74) is 0. The minimum Gasteiger partial charge on any atom is -0.462 e. The van der Waals surface area contributed by atoms with Crippen LogP contribution in [0.25, 0.3) is 0 Å². The molecule has 0 aromatic heterocycles. The van der Waals surface area contributed by atoms with Gasteiger partial charge in [-0.15, -0.1) is 6.58 Å². The van der Waals surface area contributed by atoms with E-state index in [9.17, 15) is 24.2 Å². The van der Waals surface area contributed by atoms with Crippen LogP contribution in [0.2, 0.25) is 0 Å². The van der Waals surface area contributed by atoms with Crippen LogP contribution in [0.5, 0.6) is 0 Å². The summed E-state index contributed by atoms with van der Waals surface area (Å²) < 4.78 is 32.8. The third-order valence-corrected chi connectivity index (χ3v) is 11.5. The van der Waals surface area contributed by atoms with Gasteiger partial charge < -0.3 is 24.6 Å². The molecular formula is C46H89O10P. The van der Waals surface area contributed by atoms with E-state index in [4.69, 9.17) is 23.6 Å². The maximum absolute atomic E-state index is 12.6. The summed E-state index contributed by atoms with van der Waals surface area (Å²) in [6, 6.07) is 0. The van der Waals surface area contributed by atoms with Gasteiger partial charge in [0.25, 0.3) is 0 Å². The summed E-state index contributed by atoms with van der Waals surface area (Å²) in [6.07, 6.45) is 40.7. The van der Waals surface area contributed by atoms with E-state index < -0.39 is 51.8 Å². The molecule has 57 heavy (non-hydrogen) atoms. The summed E-state index contributed by atoms with van der Waals surface area (Å²) in [7, 11) is -4.61. The molecule has 0 bridgehead atoms. The van der Waals surface area contributed by atoms with Crippen molar-refractivity contribution in [2.24, 2.45) is 0 Å². The van der Waals surface area contributed by atoms with Gasteiger partial charge in [-0.2, -0.15) is 0 Å². The quantitative estimate of drug-likeness (QED) is 0.0234. The van der Waals surface area contributed by atoms with Crippen LogP contribution >= 0.6 is 7.82 Å². The van der Waals surface area contributed by atoms with E-state index in [0.717, 1.165) is 44.9 Å². The number of aliphatic hydroxyl groups is 2. The Morgan fingerprint density at radius 3 is 1.28 bits per heavy atom. The van der Waals surface area contributed by atoms with E-state index in [1.165, 1.54) is 154 Å². The van der Waals surface area contributed by atoms with Gasteiger partial charge in [0.05, 0.1) is 19.8 Å². The van der Waals surface area contributed by atoms with Gasteiger partial charge >= 0.3 is 19.8 Å². The second-order valence-electron chi connectivity index (χ2n) is 16.2. The number of carbonyl (C=O) groups is 2. The van der Waals surface area contributed by atoms with Gasteiger partial charge in [0, 0.05) is 12.8 Å². The first kappa shape index (κ1) is 55.7. The van der Waals surface area contributed by atoms with Crippen LogP contribution in [0.15, 0.2) is 12.7 Å². The fourth-order valence-electron chi connectivity index (χ4n) is 6.92. The molecule has 0 aliphatic rings. The van der Waals surface area contributed by atoms with Crippen molar-refractivity contribution in [3.05, 3.63) is 12.7 Å². The monoisotopic (exact) mass is 833 g/mol. The van der Waals surface area contributed by atoms with Crippen molar-refractivity contribution in [1.29, 1.82) is 0 Å². The van der Waals surface area contributed by atoms with Crippen molar-refractivity contribution < 1.29 is 47.8 Å². The molecule has 10 nitrogen and oxygen atoms in total. The molecule has 0 heterocycles. The topological polar surface area (TPSA) is 149 Å². The first-order valence-electron chi connectivity index (χ1n) is 23.6. The molecule has 0 saturated heterocycles. The lowest BCUT2D eigenvalue weighted by atomic mass is 10.0. The van der Waals surface area contributed by atoms with Crippen molar-refractivity contribution in [3.63, 3.8) is 0 Å². The molecule has 338 valence electrons. The smallest absolute Gasteiger partial charge is 0.462 e. The molecule has 3 N–H and O–H groups in total. The lowest BCUT2D eigenvalue weighted by Crippen LogP contribution is -2.29. The molecule has 0 aromatic carbocycles. The van der Waals surface area contributed by atoms with Crippen LogP contribution in [0.3, 0.4) is 0 Å². The summed E-state index contributed by atoms with van der Waals surface area (Å²) >= 11 is 0. The number of hydrogen-bond acceptors (Lipinski definition) is 9. The van der Waals surface area contributed by atoms with E-state index in [-0.39, 0.29) is 19.4 Å². The van der Waals surface area contributed by atoms with E-state index in [1.54, 1.807) is 0 Å². The number of hydrogen-bond donors (Lipinski definition) is 3. The minimum absolute atomic E-state index is 0.190. The summed E-state index contributed by atoms with van der Waals surface area (Å²) in [5, 5.41) is 18.4. The molecule has 0 radical (unpaired) electrons. The van der Waals surface area contributed by atoms with Gasteiger partial charge in [0.1, 0.15) is 12.7 Å². The number of esters is 2. The van der Waals surface area contributed by atoms with Crippen molar-refractivity contribution >= 4 is 19.8 Å². The second-order valence-corrected chi connectivity index (χ2v) is 17.7. The van der Waals surface area contributed by atoms with Crippen LogP contribution < -0.4 is 0 Å². The molecule has 0 spiro atoms. The number of rotatable bonds is 46. The minimum atomic E-state index is -4.61. The standard InChI is InChI=1S/C46H89O10P/c1-3-5-7-9-11-13-15-17-19-20-21-22-24-26-28-30-32-34-36-38-46(50)56-44(42-55-57(51,52)54-40-43(48)39-47)41-53-45(49)37-35-33-31-29-27-25-23-18-16-14-12-10-8-6-4-2/h4,43-44,47-48H,2-3,5-42H2,1H3,(H,51,52)/t43-,44+/m0/s1. The number of unbranched alkanes of at least 4 members (excludes halogenated alkanes) is 31. The third-order valence-electron chi connectivity index (χ3n) is 10.6. The van der Waals surface area contributed by atoms with Crippen molar-refractivity contribution in [1.82, 2.24) is 0 Å². The van der Waals surface area contributed by atoms with Crippen LogP contribution in [-0.2, 0) is 32.7 Å². The first-order valence-corrected chi connectivity index (χ1v) is 25.1. The summed E-state index contributed by atoms with van der Waals surface area (Å²) in [5.74, 6) is -0.913. The maximum atomic E-state index is 12.6. The van der Waals surface area contributed by atoms with Crippen LogP contribution in [0.4, 0.5) is 0 Å². The fraction of sp³-hybridized carbons (Fsp3) is 0.913. The van der Waals surface area contributed by atoms with Gasteiger partial charge in [-0.1, -0.05) is 199 Å². The number of aliphatic hydroxyl groups excluding tert-OH is 2. The van der Waals surface area contributed by atoms with Crippen molar-refractivity contribution in [2.45, 2.75) is 244 Å². The second kappa shape index (κ2) is 42.8. The highest BCUT2D eigenvalue weighted by atomic mass is 31.2. The number of ether oxygens (including phenoxy) is 2. The normalized spacial score (nSPS) is 13.6. The Kier molecular flexibility index (Phi) is 41.9. The molecule has 0 rings (SSSR count). The van der Waals surface area contributed by atoms with Gasteiger partial charge in [0.2, 0.25) is 0 Å². The highest BCUT2D eigenvalue weighted by Crippen LogP contribution is 2.43. The molecule has 11 heteroatoms. The highest BCUT2D eigenvalue weighted by Gasteiger charge is 2.27. The molecule has 0 aliphatic heterocycles. The molecular weight excluding hydrogens is 743 g/mol. The van der Waals surface area contributed by atoms with Crippen molar-refractivity contribution in [3.8, 4) is 0 Å². The van der Waals surface area contributed by atoms with Crippen LogP contribution in [-0.4, -0.2) is 65.7 Å². The summed E-state index contributed by atoms with van der Waals surface area (Å²) in [6.45, 7) is 3.95. The molecule has 0 saturated carbocycles. The average molecular weight is 833 g/mol. The van der Waals surface area contributed by atoms with E-state index >= 15 is 0 Å². The molecule has 3 atom stereocenters. The summed E-state index contributed by atoms with van der Waals surface area (Å²) in [4.78, 5) is 35.1. The van der Waals surface area contributed by atoms with Crippen molar-refractivity contribution in [2.75, 3.05) is 26.4 Å². The first-order chi connectivity index (χ1) is 27.7. The average Bonchev–Trinajstić information content (AvgIpc) is 3.20. The molecule has 0 fully saturated rings. The molecule has 0 aliphatic carbocycles. The predicted octanol–water partition coefficient (Wildman–Crippen LogP) is 12.8. The maximum Gasteiger partial charge on any atom is 0.472 e. The highest BCUT2D eigenvalue weighted by molar-refractivity contribution is 7.47. The Hall–Kier alpha value is -1.29. The largest absolute Gasteiger partial charge is 0.472 e. The van der Waals surface area contributed by atoms with Gasteiger partial charge in [-0.05, 0) is 25.7 Å². The Morgan fingerprint density at radius 1 is 0.544 bits per heavy atom. The number of phosphoric acid groups is 1. The zero-order valence-corrected chi connectivity index (χ0v) is 37.6. The van der Waals surface area contributed by atoms with E-state index in [1.807, 2.05) is 6.08 Å². The molecule has 0 amide bonds. The van der Waals surface area contributed by atoms with E-state index in [2.05, 4.69) is 13.5 Å². The zero-order valence-electron chi connectivity index (χ0n) is 36.7. The third kappa shape index (κ3) is 42.6. The number of allylic oxidation sites excluding steroid dienone is 1. The lowest BCUT2D eigenvalue weighted by molar-refractivity contribution is -0.161. The van der Waals surface area contributed by atoms with Gasteiger partial charge in [0.15, 0.2) is 6.10 Å². The Morgan fingerprint density at radius 2 is 0.895 bits per heavy atom. The van der Waals surface area contributed by atoms with Gasteiger partial charge in [-0.25, -0.2) is 4.57 Å². The SMILES string of the molecule is C=CCCCCCCCCCCCCCCCC(=O)OC[C@H](COP(=O)(O)OC[C@@H](O)CO)OC(=O)CCCCCCCCCCCCCCCCCCCCC. The zero-order chi connectivity index (χ0) is 41.9. The number of carbonyl (C=O) groups excluding carboxylic acids is 2. The fourth-order valence-corrected chi connectivity index (χ4v) is 7.71. The lowest BCUT2D eigenvalue weighted by Gasteiger charge is -2.20. The Balaban J connectivity index is 4.17. The predicted molar refractivity (Wildman–Crippen MR) is 233 cm³/mol. The number of phosphoric ester groups is 1. The van der Waals surface area contributed by atoms with Gasteiger partial charge in [-0.3, -0.25) is 18.6 Å². The van der Waals surface area contributed by atoms with E-state index in [0.29, 0.717) is 12.8 Å². The van der Waals surface area contributed by atoms with Crippen LogP contribution in [0, 0.1) is 0 Å².